The first-order valence-electron chi connectivity index (χ1n) is 7.13. The molecule has 0 amide bonds. The van der Waals surface area contributed by atoms with Crippen LogP contribution in [0.15, 0.2) is 17.5 Å². The second kappa shape index (κ2) is 5.20. The Hall–Kier alpha value is -2.37. The summed E-state index contributed by atoms with van der Waals surface area (Å²) >= 11 is 0. The van der Waals surface area contributed by atoms with E-state index in [1.807, 2.05) is 24.5 Å². The molecule has 2 heterocycles. The van der Waals surface area contributed by atoms with Crippen LogP contribution in [0.1, 0.15) is 41.1 Å². The lowest BCUT2D eigenvalue weighted by atomic mass is 10.0. The number of pyridine rings is 1. The molecule has 0 saturated carbocycles. The van der Waals surface area contributed by atoms with Gasteiger partial charge < -0.3 is 10.9 Å². The molecule has 0 bridgehead atoms. The van der Waals surface area contributed by atoms with Crippen molar-refractivity contribution >= 4 is 5.84 Å². The van der Waals surface area contributed by atoms with Gasteiger partial charge in [-0.05, 0) is 51.2 Å². The monoisotopic (exact) mass is 285 g/mol. The Balaban J connectivity index is 2.25. The first-order chi connectivity index (χ1) is 10.1. The number of rotatable bonds is 2. The fraction of sp³-hybridized carbons (Fsp3) is 0.400. The van der Waals surface area contributed by atoms with Crippen molar-refractivity contribution in [2.24, 2.45) is 10.9 Å². The Bertz CT molecular complexity index is 717. The van der Waals surface area contributed by atoms with Gasteiger partial charge in [0.1, 0.15) is 12.1 Å². The van der Waals surface area contributed by atoms with E-state index in [0.717, 1.165) is 36.2 Å². The van der Waals surface area contributed by atoms with E-state index in [9.17, 15) is 0 Å². The number of hydrogen-bond acceptors (Lipinski definition) is 4. The highest BCUT2D eigenvalue weighted by molar-refractivity contribution is 6.01. The van der Waals surface area contributed by atoms with Crippen molar-refractivity contribution in [1.29, 1.82) is 0 Å². The number of nitrogens with zero attached hydrogens (tertiary/aromatic N) is 4. The predicted octanol–water partition coefficient (Wildman–Crippen LogP) is 1.86. The average Bonchev–Trinajstić information content (AvgIpc) is 2.89. The van der Waals surface area contributed by atoms with Gasteiger partial charge in [-0.3, -0.25) is 4.57 Å². The maximum Gasteiger partial charge on any atom is 0.174 e. The SMILES string of the molecule is Cc1cc(C)c(/C(N)=N/O)c(-n2cnc3c2CCCC3)n1. The summed E-state index contributed by atoms with van der Waals surface area (Å²) in [5.41, 5.74) is 10.7. The molecule has 3 N–H and O–H groups in total. The summed E-state index contributed by atoms with van der Waals surface area (Å²) in [7, 11) is 0. The molecule has 0 aromatic carbocycles. The normalized spacial score (nSPS) is 15.0. The van der Waals surface area contributed by atoms with E-state index < -0.39 is 0 Å². The first-order valence-corrected chi connectivity index (χ1v) is 7.13. The minimum atomic E-state index is 0.0771. The third kappa shape index (κ3) is 2.26. The molecule has 0 atom stereocenters. The number of imidazole rings is 1. The molecule has 2 aromatic heterocycles. The van der Waals surface area contributed by atoms with Gasteiger partial charge in [0.05, 0.1) is 11.3 Å². The molecule has 21 heavy (non-hydrogen) atoms. The van der Waals surface area contributed by atoms with E-state index in [1.165, 1.54) is 12.1 Å². The minimum Gasteiger partial charge on any atom is -0.409 e. The molecule has 0 unspecified atom stereocenters. The molecule has 0 fully saturated rings. The molecule has 0 saturated heterocycles. The third-order valence-corrected chi connectivity index (χ3v) is 3.95. The summed E-state index contributed by atoms with van der Waals surface area (Å²) in [5, 5.41) is 12.2. The zero-order chi connectivity index (χ0) is 15.0. The third-order valence-electron chi connectivity index (χ3n) is 3.95. The van der Waals surface area contributed by atoms with Crippen LogP contribution in [0, 0.1) is 13.8 Å². The van der Waals surface area contributed by atoms with Crippen LogP contribution in [-0.2, 0) is 12.8 Å². The van der Waals surface area contributed by atoms with Crippen LogP contribution in [0.3, 0.4) is 0 Å². The van der Waals surface area contributed by atoms with Gasteiger partial charge in [-0.25, -0.2) is 9.97 Å². The topological polar surface area (TPSA) is 89.3 Å². The number of nitrogens with two attached hydrogens (primary N) is 1. The van der Waals surface area contributed by atoms with Gasteiger partial charge in [0.2, 0.25) is 0 Å². The lowest BCUT2D eigenvalue weighted by Gasteiger charge is -2.17. The Morgan fingerprint density at radius 1 is 1.33 bits per heavy atom. The molecule has 2 aromatic rings. The number of hydrogen-bond donors (Lipinski definition) is 2. The van der Waals surface area contributed by atoms with Crippen molar-refractivity contribution in [2.75, 3.05) is 0 Å². The number of aryl methyl sites for hydroxylation is 3. The van der Waals surface area contributed by atoms with Crippen LogP contribution in [0.4, 0.5) is 0 Å². The van der Waals surface area contributed by atoms with Gasteiger partial charge in [-0.2, -0.15) is 0 Å². The Labute approximate surface area is 123 Å². The molecular formula is C15H19N5O. The van der Waals surface area contributed by atoms with Crippen LogP contribution in [0.25, 0.3) is 5.82 Å². The molecule has 0 spiro atoms. The quantitative estimate of drug-likeness (QED) is 0.381. The summed E-state index contributed by atoms with van der Waals surface area (Å²) in [4.78, 5) is 9.10. The molecule has 1 aliphatic carbocycles. The van der Waals surface area contributed by atoms with Crippen LogP contribution in [0.5, 0.6) is 0 Å². The van der Waals surface area contributed by atoms with E-state index >= 15 is 0 Å². The van der Waals surface area contributed by atoms with Crippen molar-refractivity contribution < 1.29 is 5.21 Å². The van der Waals surface area contributed by atoms with Crippen LogP contribution < -0.4 is 5.73 Å². The highest BCUT2D eigenvalue weighted by Crippen LogP contribution is 2.25. The summed E-state index contributed by atoms with van der Waals surface area (Å²) in [6, 6.07) is 1.93. The van der Waals surface area contributed by atoms with E-state index in [1.54, 1.807) is 6.33 Å². The average molecular weight is 285 g/mol. The minimum absolute atomic E-state index is 0.0771. The van der Waals surface area contributed by atoms with Gasteiger partial charge in [0, 0.05) is 11.4 Å². The number of aromatic nitrogens is 3. The van der Waals surface area contributed by atoms with Crippen molar-refractivity contribution in [1.82, 2.24) is 14.5 Å². The molecule has 3 rings (SSSR count). The van der Waals surface area contributed by atoms with Crippen molar-refractivity contribution in [3.63, 3.8) is 0 Å². The number of amidine groups is 1. The summed E-state index contributed by atoms with van der Waals surface area (Å²) in [6.07, 6.45) is 6.12. The maximum atomic E-state index is 9.05. The second-order valence-electron chi connectivity index (χ2n) is 5.48. The van der Waals surface area contributed by atoms with Gasteiger partial charge in [0.15, 0.2) is 5.84 Å². The molecule has 0 radical (unpaired) electrons. The van der Waals surface area contributed by atoms with Crippen molar-refractivity contribution in [3.05, 3.63) is 40.6 Å². The predicted molar refractivity (Wildman–Crippen MR) is 80.0 cm³/mol. The molecular weight excluding hydrogens is 266 g/mol. The fourth-order valence-electron chi connectivity index (χ4n) is 3.01. The largest absolute Gasteiger partial charge is 0.409 e. The first kappa shape index (κ1) is 13.6. The van der Waals surface area contributed by atoms with Crippen LogP contribution in [-0.4, -0.2) is 25.6 Å². The fourth-order valence-corrected chi connectivity index (χ4v) is 3.01. The molecule has 110 valence electrons. The Morgan fingerprint density at radius 2 is 2.10 bits per heavy atom. The maximum absolute atomic E-state index is 9.05. The van der Waals surface area contributed by atoms with Gasteiger partial charge in [-0.15, -0.1) is 0 Å². The van der Waals surface area contributed by atoms with Crippen LogP contribution >= 0.6 is 0 Å². The molecule has 1 aliphatic rings. The molecule has 0 aliphatic heterocycles. The summed E-state index contributed by atoms with van der Waals surface area (Å²) < 4.78 is 1.99. The van der Waals surface area contributed by atoms with Crippen LogP contribution in [0.2, 0.25) is 0 Å². The lowest BCUT2D eigenvalue weighted by molar-refractivity contribution is 0.318. The number of fused-ring (bicyclic) bond motifs is 1. The highest BCUT2D eigenvalue weighted by atomic mass is 16.4. The van der Waals surface area contributed by atoms with Crippen molar-refractivity contribution in [3.8, 4) is 5.82 Å². The van der Waals surface area contributed by atoms with E-state index in [-0.39, 0.29) is 5.84 Å². The van der Waals surface area contributed by atoms with Gasteiger partial charge in [0.25, 0.3) is 0 Å². The van der Waals surface area contributed by atoms with E-state index in [4.69, 9.17) is 10.9 Å². The highest BCUT2D eigenvalue weighted by Gasteiger charge is 2.21. The number of oxime groups is 1. The van der Waals surface area contributed by atoms with Gasteiger partial charge in [-0.1, -0.05) is 5.16 Å². The standard InChI is InChI=1S/C15H19N5O/c1-9-7-10(2)18-15(13(9)14(16)19-21)20-8-17-11-5-3-4-6-12(11)20/h7-8,21H,3-6H2,1-2H3,(H2,16,19). The zero-order valence-electron chi connectivity index (χ0n) is 12.3. The molecule has 6 heteroatoms. The van der Waals surface area contributed by atoms with Crippen molar-refractivity contribution in [2.45, 2.75) is 39.5 Å². The second-order valence-corrected chi connectivity index (χ2v) is 5.48. The van der Waals surface area contributed by atoms with Gasteiger partial charge >= 0.3 is 0 Å². The lowest BCUT2D eigenvalue weighted by Crippen LogP contribution is -2.20. The summed E-state index contributed by atoms with van der Waals surface area (Å²) in [6.45, 7) is 3.88. The smallest absolute Gasteiger partial charge is 0.174 e. The summed E-state index contributed by atoms with van der Waals surface area (Å²) in [5.74, 6) is 0.770. The Kier molecular flexibility index (Phi) is 3.37. The van der Waals surface area contributed by atoms with E-state index in [0.29, 0.717) is 11.4 Å². The zero-order valence-corrected chi connectivity index (χ0v) is 12.3. The molecule has 6 nitrogen and oxygen atoms in total. The van der Waals surface area contributed by atoms with E-state index in [2.05, 4.69) is 15.1 Å². The Morgan fingerprint density at radius 3 is 2.86 bits per heavy atom.